The van der Waals surface area contributed by atoms with E-state index >= 15 is 0 Å². The van der Waals surface area contributed by atoms with Gasteiger partial charge in [0.05, 0.1) is 17.0 Å². The van der Waals surface area contributed by atoms with E-state index in [1.165, 1.54) is 5.56 Å². The van der Waals surface area contributed by atoms with Crippen LogP contribution in [0.4, 0.5) is 5.69 Å². The number of methoxy groups -OCH3 is 1. The fourth-order valence-corrected chi connectivity index (χ4v) is 7.70. The molecule has 0 unspecified atom stereocenters. The van der Waals surface area contributed by atoms with Crippen molar-refractivity contribution in [1.29, 1.82) is 0 Å². The lowest BCUT2D eigenvalue weighted by atomic mass is 9.70. The Hall–Kier alpha value is -2.55. The zero-order valence-electron chi connectivity index (χ0n) is 23.3. The van der Waals surface area contributed by atoms with Gasteiger partial charge in [-0.1, -0.05) is 36.7 Å². The lowest BCUT2D eigenvalue weighted by Gasteiger charge is -2.43. The quantitative estimate of drug-likeness (QED) is 0.441. The zero-order valence-corrected chi connectivity index (χ0v) is 24.8. The molecule has 9 heteroatoms. The van der Waals surface area contributed by atoms with Crippen LogP contribution in [0, 0.1) is 11.8 Å². The van der Waals surface area contributed by atoms with E-state index in [0.717, 1.165) is 61.5 Å². The summed E-state index contributed by atoms with van der Waals surface area (Å²) < 4.78 is 41.0. The van der Waals surface area contributed by atoms with Gasteiger partial charge in [-0.3, -0.25) is 4.79 Å². The molecule has 1 N–H and O–H groups in total. The molecule has 1 saturated carbocycles. The molecule has 216 valence electrons. The molecule has 2 aromatic rings. The van der Waals surface area contributed by atoms with Crippen LogP contribution in [0.15, 0.2) is 48.6 Å². The predicted octanol–water partition coefficient (Wildman–Crippen LogP) is 5.90. The third kappa shape index (κ3) is 6.34. The maximum atomic E-state index is 13.3. The summed E-state index contributed by atoms with van der Waals surface area (Å²) in [7, 11) is -2.15. The Morgan fingerprint density at radius 3 is 2.73 bits per heavy atom. The molecule has 1 aliphatic carbocycles. The highest BCUT2D eigenvalue weighted by Gasteiger charge is 2.38. The summed E-state index contributed by atoms with van der Waals surface area (Å²) in [5, 5.41) is 0.0128. The molecule has 0 aromatic heterocycles. The number of anilines is 1. The van der Waals surface area contributed by atoms with Gasteiger partial charge in [0, 0.05) is 30.8 Å². The molecule has 0 radical (unpaired) electrons. The normalized spacial score (nSPS) is 27.7. The summed E-state index contributed by atoms with van der Waals surface area (Å²) in [5.41, 5.74) is 3.41. The van der Waals surface area contributed by atoms with Gasteiger partial charge >= 0.3 is 0 Å². The number of hydrogen-bond acceptors (Lipinski definition) is 6. The lowest BCUT2D eigenvalue weighted by Crippen LogP contribution is -2.43. The van der Waals surface area contributed by atoms with Crippen molar-refractivity contribution >= 4 is 33.2 Å². The Bertz CT molecular complexity index is 1360. The van der Waals surface area contributed by atoms with Crippen LogP contribution in [0.3, 0.4) is 0 Å². The maximum Gasteiger partial charge on any atom is 0.264 e. The Labute approximate surface area is 242 Å². The monoisotopic (exact) mass is 586 g/mol. The van der Waals surface area contributed by atoms with E-state index in [1.54, 1.807) is 25.3 Å². The van der Waals surface area contributed by atoms with Gasteiger partial charge in [0.25, 0.3) is 5.91 Å². The van der Waals surface area contributed by atoms with E-state index in [2.05, 4.69) is 9.62 Å². The van der Waals surface area contributed by atoms with Crippen LogP contribution in [-0.2, 0) is 27.8 Å². The van der Waals surface area contributed by atoms with Gasteiger partial charge in [-0.25, -0.2) is 13.1 Å². The fraction of sp³-hybridized carbons (Fsp3) is 0.516. The molecule has 1 fully saturated rings. The number of halogens is 1. The molecule has 2 aliphatic heterocycles. The first-order valence-corrected chi connectivity index (χ1v) is 16.3. The molecule has 5 rings (SSSR count). The third-order valence-electron chi connectivity index (χ3n) is 8.72. The van der Waals surface area contributed by atoms with E-state index in [0.29, 0.717) is 42.6 Å². The van der Waals surface area contributed by atoms with Gasteiger partial charge in [0.2, 0.25) is 10.0 Å². The van der Waals surface area contributed by atoms with Crippen LogP contribution < -0.4 is 14.4 Å². The van der Waals surface area contributed by atoms with Crippen molar-refractivity contribution in [1.82, 2.24) is 4.72 Å². The molecule has 0 spiro atoms. The molecule has 2 heterocycles. The number of nitrogens with zero attached hydrogens (tertiary/aromatic N) is 1. The largest absolute Gasteiger partial charge is 0.487 e. The van der Waals surface area contributed by atoms with E-state index < -0.39 is 21.2 Å². The maximum absolute atomic E-state index is 13.3. The standard InChI is InChI=1S/C31H39ClN2O5S/c1-3-26-8-6-9-29(38-2)27-14-11-23(27)19-34-16-5-4-7-21-17-25(32)13-10-24(21)20-39-30-15-12-22(18-28(30)34)31(35)33-40(26,36)37/h6,9-10,12-13,15,17-18,23,26-27,29H,3-5,7-8,11,14,16,19-20H2,1-2H3,(H,33,35)/b9-6+/t23-,26+,27+,29-/m0/s1. The molecule has 2 bridgehead atoms. The van der Waals surface area contributed by atoms with Crippen LogP contribution in [0.5, 0.6) is 5.75 Å². The lowest BCUT2D eigenvalue weighted by molar-refractivity contribution is 0.0134. The van der Waals surface area contributed by atoms with Gasteiger partial charge < -0.3 is 14.4 Å². The zero-order chi connectivity index (χ0) is 28.3. The number of benzene rings is 2. The van der Waals surface area contributed by atoms with Gasteiger partial charge in [-0.15, -0.1) is 0 Å². The van der Waals surface area contributed by atoms with Crippen LogP contribution in [0.25, 0.3) is 0 Å². The number of aryl methyl sites for hydroxylation is 1. The molecule has 7 nitrogen and oxygen atoms in total. The topological polar surface area (TPSA) is 84.9 Å². The number of allylic oxidation sites excluding steroid dienone is 1. The van der Waals surface area contributed by atoms with Crippen molar-refractivity contribution in [3.8, 4) is 5.75 Å². The Morgan fingerprint density at radius 2 is 1.98 bits per heavy atom. The number of rotatable bonds is 2. The highest BCUT2D eigenvalue weighted by atomic mass is 35.5. The third-order valence-corrected chi connectivity index (χ3v) is 10.8. The first-order valence-electron chi connectivity index (χ1n) is 14.3. The van der Waals surface area contributed by atoms with Gasteiger partial charge in [-0.2, -0.15) is 0 Å². The number of amides is 1. The summed E-state index contributed by atoms with van der Waals surface area (Å²) in [6.45, 7) is 3.82. The average Bonchev–Trinajstić information content (AvgIpc) is 2.94. The van der Waals surface area contributed by atoms with Crippen molar-refractivity contribution in [3.63, 3.8) is 0 Å². The predicted molar refractivity (Wildman–Crippen MR) is 159 cm³/mol. The highest BCUT2D eigenvalue weighted by molar-refractivity contribution is 7.90. The molecule has 0 saturated heterocycles. The second-order valence-electron chi connectivity index (χ2n) is 11.2. The number of hydrogen-bond donors (Lipinski definition) is 1. The minimum absolute atomic E-state index is 0.0797. The average molecular weight is 587 g/mol. The van der Waals surface area contributed by atoms with E-state index in [-0.39, 0.29) is 6.10 Å². The van der Waals surface area contributed by atoms with Crippen LogP contribution in [0.1, 0.15) is 66.9 Å². The number of carbonyl (C=O) groups is 1. The second-order valence-corrected chi connectivity index (χ2v) is 13.6. The molecule has 4 atom stereocenters. The van der Waals surface area contributed by atoms with Crippen LogP contribution >= 0.6 is 11.6 Å². The number of nitrogens with one attached hydrogen (secondary N) is 1. The smallest absolute Gasteiger partial charge is 0.264 e. The fourth-order valence-electron chi connectivity index (χ4n) is 6.16. The van der Waals surface area contributed by atoms with Crippen molar-refractivity contribution in [2.75, 3.05) is 25.1 Å². The molecule has 3 aliphatic rings. The van der Waals surface area contributed by atoms with E-state index in [9.17, 15) is 13.2 Å². The summed E-state index contributed by atoms with van der Waals surface area (Å²) in [6, 6.07) is 11.2. The minimum atomic E-state index is -3.87. The first-order chi connectivity index (χ1) is 19.3. The van der Waals surface area contributed by atoms with Gasteiger partial charge in [0.1, 0.15) is 12.4 Å². The van der Waals surface area contributed by atoms with Crippen LogP contribution in [0.2, 0.25) is 5.02 Å². The number of sulfonamides is 1. The number of carbonyl (C=O) groups excluding carboxylic acids is 1. The summed E-state index contributed by atoms with van der Waals surface area (Å²) >= 11 is 6.30. The van der Waals surface area contributed by atoms with Crippen molar-refractivity contribution in [2.24, 2.45) is 11.8 Å². The molecule has 2 aromatic carbocycles. The SMILES string of the molecule is CC[C@@H]1C/C=C/[C@H](OC)[C@@H]2CC[C@H]2CN2CCCCc3cc(Cl)ccc3COc3ccc(cc32)C(=O)NS1(=O)=O. The molecular formula is C31H39ClN2O5S. The number of fused-ring (bicyclic) bond motifs is 3. The van der Waals surface area contributed by atoms with E-state index in [1.807, 2.05) is 37.3 Å². The van der Waals surface area contributed by atoms with Gasteiger partial charge in [0.15, 0.2) is 0 Å². The summed E-state index contributed by atoms with van der Waals surface area (Å²) in [4.78, 5) is 15.6. The van der Waals surface area contributed by atoms with Gasteiger partial charge in [-0.05, 0) is 98.2 Å². The van der Waals surface area contributed by atoms with Crippen molar-refractivity contribution in [3.05, 3.63) is 70.3 Å². The van der Waals surface area contributed by atoms with Crippen molar-refractivity contribution < 1.29 is 22.7 Å². The first kappa shape index (κ1) is 29.0. The molecular weight excluding hydrogens is 548 g/mol. The molecule has 1 amide bonds. The summed E-state index contributed by atoms with van der Waals surface area (Å²) in [5.74, 6) is 0.819. The van der Waals surface area contributed by atoms with Crippen LogP contribution in [-0.4, -0.2) is 45.9 Å². The number of ether oxygens (including phenoxy) is 2. The molecule has 40 heavy (non-hydrogen) atoms. The Morgan fingerprint density at radius 1 is 1.12 bits per heavy atom. The van der Waals surface area contributed by atoms with Crippen molar-refractivity contribution in [2.45, 2.75) is 69.8 Å². The Kier molecular flexibility index (Phi) is 9.08. The van der Waals surface area contributed by atoms with E-state index in [4.69, 9.17) is 21.1 Å². The highest BCUT2D eigenvalue weighted by Crippen LogP contribution is 2.41. The summed E-state index contributed by atoms with van der Waals surface area (Å²) in [6.07, 6.45) is 9.59. The minimum Gasteiger partial charge on any atom is -0.487 e. The Balaban J connectivity index is 1.55. The second kappa shape index (κ2) is 12.5.